The molecule has 108 heavy (non-hydrogen) atoms. The first-order valence-corrected chi connectivity index (χ1v) is 36.3. The number of phenols is 4. The lowest BCUT2D eigenvalue weighted by atomic mass is 9.79. The van der Waals surface area contributed by atoms with Crippen molar-refractivity contribution in [3.05, 3.63) is 235 Å². The largest absolute Gasteiger partial charge is 0.507 e. The Kier molecular flexibility index (Phi) is 27.6. The van der Waals surface area contributed by atoms with Crippen LogP contribution in [0.25, 0.3) is 0 Å². The summed E-state index contributed by atoms with van der Waals surface area (Å²) in [5, 5.41) is 41.4. The quantitative estimate of drug-likeness (QED) is 0.0154. The Hall–Kier alpha value is -11.3. The van der Waals surface area contributed by atoms with Gasteiger partial charge in [-0.15, -0.1) is 0 Å². The number of esters is 4. The zero-order valence-corrected chi connectivity index (χ0v) is 64.0. The van der Waals surface area contributed by atoms with Gasteiger partial charge in [0.05, 0.1) is 26.2 Å². The van der Waals surface area contributed by atoms with Gasteiger partial charge in [-0.2, -0.15) is 0 Å². The summed E-state index contributed by atoms with van der Waals surface area (Å²) in [5.41, 5.74) is 9.01. The van der Waals surface area contributed by atoms with Gasteiger partial charge < -0.3 is 58.3 Å². The van der Waals surface area contributed by atoms with E-state index in [9.17, 15) is 39.6 Å². The Balaban J connectivity index is 1.21. The average Bonchev–Trinajstić information content (AvgIpc) is 0.761. The molecule has 20 nitrogen and oxygen atoms in total. The predicted molar refractivity (Wildman–Crippen MR) is 420 cm³/mol. The van der Waals surface area contributed by atoms with Gasteiger partial charge in [0.1, 0.15) is 72.4 Å². The fourth-order valence-corrected chi connectivity index (χ4v) is 11.9. The second-order valence-corrected chi connectivity index (χ2v) is 30.6. The summed E-state index contributed by atoms with van der Waals surface area (Å²) in [7, 11) is 0. The van der Waals surface area contributed by atoms with Crippen molar-refractivity contribution in [3.8, 4) is 46.0 Å². The number of nitrogens with zero attached hydrogens (tertiary/aromatic N) is 4. The van der Waals surface area contributed by atoms with E-state index < -0.39 is 72.0 Å². The van der Waals surface area contributed by atoms with Gasteiger partial charge >= 0.3 is 23.9 Å². The molecule has 8 aromatic rings. The van der Waals surface area contributed by atoms with E-state index in [4.69, 9.17) is 37.9 Å². The lowest BCUT2D eigenvalue weighted by Gasteiger charge is -2.29. The van der Waals surface area contributed by atoms with Crippen LogP contribution in [0.2, 0.25) is 0 Å². The lowest BCUT2D eigenvalue weighted by Crippen LogP contribution is -2.21. The van der Waals surface area contributed by atoms with Crippen LogP contribution in [0.4, 0.5) is 0 Å². The first-order valence-electron chi connectivity index (χ1n) is 36.3. The van der Waals surface area contributed by atoms with Crippen molar-refractivity contribution in [2.24, 2.45) is 20.0 Å². The van der Waals surface area contributed by atoms with Gasteiger partial charge in [0.15, 0.2) is 26.4 Å². The van der Waals surface area contributed by atoms with Gasteiger partial charge in [-0.25, -0.2) is 19.2 Å². The van der Waals surface area contributed by atoms with Crippen molar-refractivity contribution in [2.45, 2.75) is 130 Å². The molecule has 8 bridgehead atoms. The second-order valence-electron chi connectivity index (χ2n) is 30.6. The number of aliphatic imine (C=N–C) groups is 4. The maximum Gasteiger partial charge on any atom is 0.344 e. The topological polar surface area (TPSA) is 272 Å². The molecule has 0 saturated heterocycles. The van der Waals surface area contributed by atoms with E-state index in [1.54, 1.807) is 97.1 Å². The highest BCUT2D eigenvalue weighted by Gasteiger charge is 2.31. The molecule has 0 amide bonds. The van der Waals surface area contributed by atoms with Gasteiger partial charge in [-0.3, -0.25) is 20.0 Å². The molecular formula is C88H100N4O16. The Bertz CT molecular complexity index is 3950. The maximum absolute atomic E-state index is 14.1. The van der Waals surface area contributed by atoms with Gasteiger partial charge in [-0.05, 0) is 137 Å². The van der Waals surface area contributed by atoms with Gasteiger partial charge in [0.25, 0.3) is 0 Å². The smallest absolute Gasteiger partial charge is 0.344 e. The molecule has 1 aliphatic rings. The normalized spacial score (nSPS) is 12.7. The molecule has 9 rings (SSSR count). The number of rotatable bonds is 28. The average molecular weight is 1470 g/mol. The molecular weight excluding hydrogens is 1370 g/mol. The van der Waals surface area contributed by atoms with Crippen LogP contribution in [0.1, 0.15) is 172 Å². The van der Waals surface area contributed by atoms with Gasteiger partial charge in [0, 0.05) is 72.8 Å². The van der Waals surface area contributed by atoms with Crippen molar-refractivity contribution < 1.29 is 77.5 Å². The van der Waals surface area contributed by atoms with Crippen LogP contribution in [0.3, 0.4) is 0 Å². The second kappa shape index (κ2) is 36.8. The van der Waals surface area contributed by atoms with Crippen LogP contribution in [-0.4, -0.2) is 148 Å². The molecule has 1 aliphatic carbocycles. The number of para-hydroxylation sites is 4. The fraction of sp³-hybridized carbons (Fsp3) is 0.364. The number of carbonyl (C=O) groups excluding carboxylic acids is 4. The standard InChI is InChI=1S/C88H100N4O16/c1-85(2,3)69-41-61-37-63-43-70(86(4,5)6)45-65(82(63)106-54-78(98)102-34-30-90-50-58-22-14-18-26-74(58)94)39-67-47-72(88(10,11)12)48-68(84(67)108-56-80(100)104-36-32-92-52-60-24-16-20-28-76(60)96)40-66-46-71(87(7,8)9)44-64(83(66)107-55-79(99)103-35-31-91-51-59-23-15-19-27-75(59)95)38-62(42-69)81(61)105-53-77(97)101-33-29-89-49-57-21-13-17-25-73(57)93/h13-28,41-52,93-96H,29-40,53-56H2,1-12H3. The van der Waals surface area contributed by atoms with Crippen LogP contribution in [0.15, 0.2) is 166 Å². The molecule has 0 saturated carbocycles. The van der Waals surface area contributed by atoms with Crippen molar-refractivity contribution in [3.63, 3.8) is 0 Å². The fourth-order valence-electron chi connectivity index (χ4n) is 11.9. The molecule has 568 valence electrons. The van der Waals surface area contributed by atoms with Crippen LogP contribution >= 0.6 is 0 Å². The summed E-state index contributed by atoms with van der Waals surface area (Å²) in [5.74, 6) is -0.977. The molecule has 0 fully saturated rings. The van der Waals surface area contributed by atoms with Gasteiger partial charge in [-0.1, -0.05) is 180 Å². The number of carbonyl (C=O) groups is 4. The number of fused-ring (bicyclic) bond motifs is 8. The zero-order chi connectivity index (χ0) is 77.8. The van der Waals surface area contributed by atoms with Crippen LogP contribution in [0.5, 0.6) is 46.0 Å². The summed E-state index contributed by atoms with van der Waals surface area (Å²) in [6.07, 6.45) is 6.52. The number of aromatic hydroxyl groups is 4. The van der Waals surface area contributed by atoms with Crippen LogP contribution in [0, 0.1) is 0 Å². The lowest BCUT2D eigenvalue weighted by molar-refractivity contribution is -0.146. The van der Waals surface area contributed by atoms with E-state index in [1.165, 1.54) is 24.9 Å². The molecule has 4 N–H and O–H groups in total. The minimum absolute atomic E-state index is 0.0613. The first-order chi connectivity index (χ1) is 51.4. The van der Waals surface area contributed by atoms with Crippen LogP contribution in [-0.2, 0) is 85.5 Å². The third kappa shape index (κ3) is 23.4. The molecule has 0 spiro atoms. The number of phenolic OH excluding ortho intramolecular Hbond substituents is 4. The summed E-state index contributed by atoms with van der Waals surface area (Å²) in [4.78, 5) is 74.1. The van der Waals surface area contributed by atoms with E-state index in [2.05, 4.69) is 152 Å². The van der Waals surface area contributed by atoms with E-state index >= 15 is 0 Å². The van der Waals surface area contributed by atoms with E-state index in [1.807, 2.05) is 0 Å². The van der Waals surface area contributed by atoms with Crippen molar-refractivity contribution >= 4 is 48.7 Å². The van der Waals surface area contributed by atoms with Crippen LogP contribution < -0.4 is 18.9 Å². The SMILES string of the molecule is CC(C)(C)c1cc2c(OCC(=O)OCCN=Cc3ccccc3O)c(c1)Cc1cc(C(C)(C)C)cc(c1OCC(=O)OCCN=Cc1ccccc1O)Cc1cc(C(C)(C)C)cc(c1OCC(=O)OCCN=Cc1ccccc1O)Cc1cc(C(C)(C)C)cc(c1OCC(=O)OCCN=Cc1ccccc1O)C2. The molecule has 0 heterocycles. The van der Waals surface area contributed by atoms with Crippen molar-refractivity contribution in [2.75, 3.05) is 79.0 Å². The Morgan fingerprint density at radius 3 is 0.648 bits per heavy atom. The van der Waals surface area contributed by atoms with E-state index in [0.717, 1.165) is 22.3 Å². The van der Waals surface area contributed by atoms with Gasteiger partial charge in [0.2, 0.25) is 0 Å². The zero-order valence-electron chi connectivity index (χ0n) is 64.0. The highest BCUT2D eigenvalue weighted by molar-refractivity contribution is 5.85. The van der Waals surface area contributed by atoms with E-state index in [0.29, 0.717) is 89.8 Å². The molecule has 0 radical (unpaired) electrons. The van der Waals surface area contributed by atoms with Crippen molar-refractivity contribution in [1.82, 2.24) is 0 Å². The summed E-state index contributed by atoms with van der Waals surface area (Å²) in [6, 6.07) is 43.7. The number of ether oxygens (including phenoxy) is 8. The summed E-state index contributed by atoms with van der Waals surface area (Å²) in [6.45, 7) is 23.3. The Labute approximate surface area is 633 Å². The highest BCUT2D eigenvalue weighted by atomic mass is 16.6. The minimum Gasteiger partial charge on any atom is -0.507 e. The third-order valence-electron chi connectivity index (χ3n) is 17.9. The third-order valence-corrected chi connectivity index (χ3v) is 17.9. The molecule has 8 aromatic carbocycles. The predicted octanol–water partition coefficient (Wildman–Crippen LogP) is 14.5. The monoisotopic (exact) mass is 1470 g/mol. The Morgan fingerprint density at radius 2 is 0.481 bits per heavy atom. The van der Waals surface area contributed by atoms with Crippen molar-refractivity contribution in [1.29, 1.82) is 0 Å². The first kappa shape index (κ1) is 80.8. The number of benzene rings is 8. The minimum atomic E-state index is -0.671. The maximum atomic E-state index is 14.1. The van der Waals surface area contributed by atoms with E-state index in [-0.39, 0.29) is 101 Å². The molecule has 0 aliphatic heterocycles. The number of hydrogen-bond acceptors (Lipinski definition) is 20. The molecule has 0 unspecified atom stereocenters. The molecule has 0 atom stereocenters. The molecule has 20 heteroatoms. The summed E-state index contributed by atoms with van der Waals surface area (Å²) < 4.78 is 50.7. The molecule has 0 aromatic heterocycles. The Morgan fingerprint density at radius 1 is 0.306 bits per heavy atom. The number of hydrogen-bond donors (Lipinski definition) is 4. The highest BCUT2D eigenvalue weighted by Crippen LogP contribution is 2.45. The summed E-state index contributed by atoms with van der Waals surface area (Å²) >= 11 is 0.